The van der Waals surface area contributed by atoms with Gasteiger partial charge >= 0.3 is 5.97 Å². The van der Waals surface area contributed by atoms with E-state index in [9.17, 15) is 19.2 Å². The van der Waals surface area contributed by atoms with Crippen molar-refractivity contribution in [1.29, 1.82) is 0 Å². The number of hydrogen-bond donors (Lipinski definition) is 1. The minimum atomic E-state index is -0.796. The zero-order valence-electron chi connectivity index (χ0n) is 15.8. The number of esters is 1. The summed E-state index contributed by atoms with van der Waals surface area (Å²) >= 11 is 0. The van der Waals surface area contributed by atoms with Gasteiger partial charge in [0, 0.05) is 6.04 Å². The number of carbonyl (C=O) groups is 4. The number of nitrogens with zero attached hydrogens (tertiary/aromatic N) is 1. The molecule has 0 saturated heterocycles. The summed E-state index contributed by atoms with van der Waals surface area (Å²) in [5.41, 5.74) is 0.537. The number of nitrogens with one attached hydrogen (secondary N) is 1. The Hall–Kier alpha value is -2.70. The van der Waals surface area contributed by atoms with Gasteiger partial charge in [-0.25, -0.2) is 0 Å². The molecular formula is C20H26N2O5. The van der Waals surface area contributed by atoms with Crippen molar-refractivity contribution in [2.24, 2.45) is 0 Å². The molecule has 3 amide bonds. The molecule has 0 spiro atoms. The van der Waals surface area contributed by atoms with Crippen LogP contribution in [0.25, 0.3) is 0 Å². The third kappa shape index (κ3) is 5.64. The number of fused-ring (bicyclic) bond motifs is 1. The highest BCUT2D eigenvalue weighted by Gasteiger charge is 2.36. The van der Waals surface area contributed by atoms with Gasteiger partial charge in [0.1, 0.15) is 6.54 Å². The van der Waals surface area contributed by atoms with Gasteiger partial charge in [-0.1, -0.05) is 44.7 Å². The average molecular weight is 374 g/mol. The van der Waals surface area contributed by atoms with Gasteiger partial charge in [0.05, 0.1) is 11.1 Å². The van der Waals surface area contributed by atoms with Gasteiger partial charge in [-0.3, -0.25) is 24.1 Å². The molecule has 7 nitrogen and oxygen atoms in total. The molecule has 1 atom stereocenters. The predicted molar refractivity (Wildman–Crippen MR) is 99.1 cm³/mol. The Morgan fingerprint density at radius 2 is 1.70 bits per heavy atom. The van der Waals surface area contributed by atoms with Crippen LogP contribution >= 0.6 is 0 Å². The second-order valence-electron chi connectivity index (χ2n) is 6.72. The summed E-state index contributed by atoms with van der Waals surface area (Å²) in [6.45, 7) is 3.11. The number of benzene rings is 1. The zero-order valence-corrected chi connectivity index (χ0v) is 15.8. The van der Waals surface area contributed by atoms with E-state index in [2.05, 4.69) is 12.2 Å². The third-order valence-electron chi connectivity index (χ3n) is 4.43. The molecule has 1 aromatic carbocycles. The summed E-state index contributed by atoms with van der Waals surface area (Å²) in [7, 11) is 0. The summed E-state index contributed by atoms with van der Waals surface area (Å²) in [6.07, 6.45) is 5.37. The summed E-state index contributed by atoms with van der Waals surface area (Å²) < 4.78 is 4.91. The Kier molecular flexibility index (Phi) is 7.52. The summed E-state index contributed by atoms with van der Waals surface area (Å²) in [4.78, 5) is 49.0. The van der Waals surface area contributed by atoms with E-state index in [1.165, 1.54) is 18.6 Å². The number of amides is 3. The molecule has 1 aromatic rings. The quantitative estimate of drug-likeness (QED) is 0.385. The van der Waals surface area contributed by atoms with Crippen molar-refractivity contribution in [3.63, 3.8) is 0 Å². The molecule has 0 unspecified atom stereocenters. The van der Waals surface area contributed by atoms with E-state index in [0.717, 1.165) is 30.6 Å². The van der Waals surface area contributed by atoms with Crippen LogP contribution in [0.4, 0.5) is 0 Å². The first-order valence-electron chi connectivity index (χ1n) is 9.34. The highest BCUT2D eigenvalue weighted by Crippen LogP contribution is 2.22. The van der Waals surface area contributed by atoms with Crippen molar-refractivity contribution in [1.82, 2.24) is 10.2 Å². The van der Waals surface area contributed by atoms with Crippen LogP contribution in [0.2, 0.25) is 0 Å². The molecule has 7 heteroatoms. The fraction of sp³-hybridized carbons (Fsp3) is 0.500. The van der Waals surface area contributed by atoms with E-state index in [4.69, 9.17) is 4.74 Å². The van der Waals surface area contributed by atoms with Crippen molar-refractivity contribution in [2.75, 3.05) is 13.2 Å². The van der Waals surface area contributed by atoms with Gasteiger partial charge in [-0.15, -0.1) is 0 Å². The second kappa shape index (κ2) is 9.85. The lowest BCUT2D eigenvalue weighted by atomic mass is 10.1. The van der Waals surface area contributed by atoms with Crippen LogP contribution in [0.5, 0.6) is 0 Å². The number of carbonyl (C=O) groups excluding carboxylic acids is 4. The topological polar surface area (TPSA) is 92.8 Å². The molecule has 0 radical (unpaired) electrons. The summed E-state index contributed by atoms with van der Waals surface area (Å²) in [5.74, 6) is -2.25. The van der Waals surface area contributed by atoms with Crippen molar-refractivity contribution >= 4 is 23.7 Å². The van der Waals surface area contributed by atoms with Gasteiger partial charge in [-0.2, -0.15) is 0 Å². The number of unbranched alkanes of at least 4 members (excludes halogenated alkanes) is 3. The van der Waals surface area contributed by atoms with Crippen LogP contribution in [-0.2, 0) is 14.3 Å². The molecule has 146 valence electrons. The first-order chi connectivity index (χ1) is 12.9. The van der Waals surface area contributed by atoms with Gasteiger partial charge in [0.2, 0.25) is 0 Å². The fourth-order valence-electron chi connectivity index (χ4n) is 2.97. The number of rotatable bonds is 10. The van der Waals surface area contributed by atoms with E-state index in [-0.39, 0.29) is 17.2 Å². The van der Waals surface area contributed by atoms with Gasteiger partial charge < -0.3 is 10.1 Å². The molecule has 27 heavy (non-hydrogen) atoms. The van der Waals surface area contributed by atoms with E-state index in [1.807, 2.05) is 6.92 Å². The van der Waals surface area contributed by atoms with E-state index < -0.39 is 36.8 Å². The first-order valence-corrected chi connectivity index (χ1v) is 9.34. The van der Waals surface area contributed by atoms with Crippen LogP contribution in [-0.4, -0.2) is 47.8 Å². The molecule has 2 rings (SSSR count). The average Bonchev–Trinajstić information content (AvgIpc) is 2.89. The van der Waals surface area contributed by atoms with Crippen LogP contribution < -0.4 is 5.32 Å². The Morgan fingerprint density at radius 1 is 1.07 bits per heavy atom. The van der Waals surface area contributed by atoms with E-state index in [0.29, 0.717) is 0 Å². The summed E-state index contributed by atoms with van der Waals surface area (Å²) in [6, 6.07) is 6.38. The monoisotopic (exact) mass is 374 g/mol. The number of ether oxygens (including phenoxy) is 1. The van der Waals surface area contributed by atoms with E-state index >= 15 is 0 Å². The standard InChI is InChI=1S/C20H26N2O5/c1-3-4-5-6-9-14(2)21-17(23)13-27-18(24)12-22-19(25)15-10-7-8-11-16(15)20(22)26/h7-8,10-11,14H,3-6,9,12-13H2,1-2H3,(H,21,23)/t14-/m0/s1. The lowest BCUT2D eigenvalue weighted by molar-refractivity contribution is -0.148. The maximum Gasteiger partial charge on any atom is 0.326 e. The molecule has 1 heterocycles. The number of hydrogen-bond acceptors (Lipinski definition) is 5. The molecule has 0 bridgehead atoms. The fourth-order valence-corrected chi connectivity index (χ4v) is 2.97. The maximum atomic E-state index is 12.2. The molecule has 0 fully saturated rings. The van der Waals surface area contributed by atoms with Crippen LogP contribution in [0.15, 0.2) is 24.3 Å². The Bertz CT molecular complexity index is 681. The molecule has 0 aromatic heterocycles. The second-order valence-corrected chi connectivity index (χ2v) is 6.72. The Labute approximate surface area is 159 Å². The third-order valence-corrected chi connectivity index (χ3v) is 4.43. The minimum absolute atomic E-state index is 0.00398. The van der Waals surface area contributed by atoms with Crippen LogP contribution in [0.3, 0.4) is 0 Å². The number of imide groups is 1. The largest absolute Gasteiger partial charge is 0.454 e. The van der Waals surface area contributed by atoms with Crippen molar-refractivity contribution < 1.29 is 23.9 Å². The zero-order chi connectivity index (χ0) is 19.8. The van der Waals surface area contributed by atoms with Crippen molar-refractivity contribution in [2.45, 2.75) is 52.0 Å². The smallest absolute Gasteiger partial charge is 0.326 e. The Morgan fingerprint density at radius 3 is 2.30 bits per heavy atom. The molecule has 0 saturated carbocycles. The normalized spacial score (nSPS) is 14.1. The lowest BCUT2D eigenvalue weighted by Crippen LogP contribution is -2.39. The van der Waals surface area contributed by atoms with Gasteiger partial charge in [0.15, 0.2) is 6.61 Å². The van der Waals surface area contributed by atoms with Gasteiger partial charge in [-0.05, 0) is 25.5 Å². The van der Waals surface area contributed by atoms with Crippen molar-refractivity contribution in [3.8, 4) is 0 Å². The van der Waals surface area contributed by atoms with Crippen LogP contribution in [0, 0.1) is 0 Å². The van der Waals surface area contributed by atoms with Crippen LogP contribution in [0.1, 0.15) is 66.7 Å². The molecular weight excluding hydrogens is 348 g/mol. The van der Waals surface area contributed by atoms with E-state index in [1.54, 1.807) is 12.1 Å². The predicted octanol–water partition coefficient (Wildman–Crippen LogP) is 2.30. The Balaban J connectivity index is 1.73. The molecule has 1 aliphatic rings. The first kappa shape index (κ1) is 20.6. The maximum absolute atomic E-state index is 12.2. The van der Waals surface area contributed by atoms with Crippen molar-refractivity contribution in [3.05, 3.63) is 35.4 Å². The highest BCUT2D eigenvalue weighted by atomic mass is 16.5. The molecule has 1 aliphatic heterocycles. The summed E-state index contributed by atoms with van der Waals surface area (Å²) in [5, 5.41) is 2.77. The molecule has 1 N–H and O–H groups in total. The lowest BCUT2D eigenvalue weighted by Gasteiger charge is -2.15. The highest BCUT2D eigenvalue weighted by molar-refractivity contribution is 6.22. The van der Waals surface area contributed by atoms with Gasteiger partial charge in [0.25, 0.3) is 17.7 Å². The minimum Gasteiger partial charge on any atom is -0.454 e. The SMILES string of the molecule is CCCCCC[C@H](C)NC(=O)COC(=O)CN1C(=O)c2ccccc2C1=O. The molecule has 0 aliphatic carbocycles.